The summed E-state index contributed by atoms with van der Waals surface area (Å²) in [5.41, 5.74) is 1.35. The zero-order valence-corrected chi connectivity index (χ0v) is 21.4. The normalized spacial score (nSPS) is 42.9. The van der Waals surface area contributed by atoms with E-state index >= 15 is 0 Å². The van der Waals surface area contributed by atoms with Gasteiger partial charge in [0.05, 0.1) is 17.4 Å². The number of hydrogen-bond donors (Lipinski definition) is 2. The van der Waals surface area contributed by atoms with Gasteiger partial charge in [0.15, 0.2) is 0 Å². The highest BCUT2D eigenvalue weighted by Gasteiger charge is 2.69. The van der Waals surface area contributed by atoms with Gasteiger partial charge in [-0.1, -0.05) is 48.9 Å². The largest absolute Gasteiger partial charge is 0.458 e. The van der Waals surface area contributed by atoms with Crippen molar-refractivity contribution in [1.29, 1.82) is 0 Å². The van der Waals surface area contributed by atoms with Crippen molar-refractivity contribution in [2.75, 3.05) is 7.11 Å². The molecule has 5 rings (SSSR count). The number of allylic oxidation sites excluding steroid dienone is 1. The lowest BCUT2D eigenvalue weighted by Crippen LogP contribution is -2.60. The summed E-state index contributed by atoms with van der Waals surface area (Å²) >= 11 is 0. The number of esters is 1. The maximum absolute atomic E-state index is 12.6. The predicted molar refractivity (Wildman–Crippen MR) is 133 cm³/mol. The number of aliphatic hydroxyl groups is 1. The van der Waals surface area contributed by atoms with E-state index in [0.29, 0.717) is 29.5 Å². The van der Waals surface area contributed by atoms with Crippen LogP contribution >= 0.6 is 0 Å². The first-order chi connectivity index (χ1) is 16.7. The summed E-state index contributed by atoms with van der Waals surface area (Å²) in [4.78, 5) is 12.6. The molecular formula is C29H39NO5. The third-order valence-corrected chi connectivity index (χ3v) is 10.5. The topological polar surface area (TPSA) is 88.3 Å². The van der Waals surface area contributed by atoms with Crippen molar-refractivity contribution in [1.82, 2.24) is 0 Å². The van der Waals surface area contributed by atoms with Crippen LogP contribution in [0.2, 0.25) is 0 Å². The van der Waals surface area contributed by atoms with Crippen molar-refractivity contribution in [2.24, 2.45) is 33.7 Å². The minimum absolute atomic E-state index is 0.0784. The van der Waals surface area contributed by atoms with Crippen LogP contribution < -0.4 is 0 Å². The monoisotopic (exact) mass is 481 g/mol. The van der Waals surface area contributed by atoms with Gasteiger partial charge >= 0.3 is 5.97 Å². The Bertz CT molecular complexity index is 1040. The second-order valence-corrected chi connectivity index (χ2v) is 11.7. The van der Waals surface area contributed by atoms with Gasteiger partial charge < -0.3 is 19.8 Å². The SMILES string of the molecule is COC1(C(C)=NO)[C@H](O)CC2C3CC=C4CC(OC(=O)c5ccccc5)CC[C@]4(C)C3CC[C@@]21C. The van der Waals surface area contributed by atoms with Crippen LogP contribution in [-0.4, -0.2) is 46.9 Å². The molecule has 4 aliphatic rings. The molecule has 8 atom stereocenters. The van der Waals surface area contributed by atoms with E-state index in [0.717, 1.165) is 38.5 Å². The molecule has 6 nitrogen and oxygen atoms in total. The molecule has 6 heteroatoms. The minimum Gasteiger partial charge on any atom is -0.458 e. The summed E-state index contributed by atoms with van der Waals surface area (Å²) in [5, 5.41) is 24.4. The first kappa shape index (κ1) is 24.5. The van der Waals surface area contributed by atoms with E-state index in [-0.39, 0.29) is 28.8 Å². The number of rotatable bonds is 4. The van der Waals surface area contributed by atoms with Crippen LogP contribution in [0.4, 0.5) is 0 Å². The molecule has 1 aromatic carbocycles. The number of carbonyl (C=O) groups excluding carboxylic acids is 1. The van der Waals surface area contributed by atoms with Gasteiger partial charge in [0.25, 0.3) is 0 Å². The molecule has 0 amide bonds. The summed E-state index contributed by atoms with van der Waals surface area (Å²) < 4.78 is 12.0. The Kier molecular flexibility index (Phi) is 6.12. The fourth-order valence-electron chi connectivity index (χ4n) is 8.77. The smallest absolute Gasteiger partial charge is 0.338 e. The van der Waals surface area contributed by atoms with Crippen molar-refractivity contribution >= 4 is 11.7 Å². The van der Waals surface area contributed by atoms with Crippen LogP contribution in [0.1, 0.15) is 76.1 Å². The van der Waals surface area contributed by atoms with Gasteiger partial charge in [-0.3, -0.25) is 0 Å². The number of fused-ring (bicyclic) bond motifs is 5. The number of aliphatic hydroxyl groups excluding tert-OH is 1. The van der Waals surface area contributed by atoms with Gasteiger partial charge in [0, 0.05) is 18.9 Å². The molecule has 0 bridgehead atoms. The van der Waals surface area contributed by atoms with Crippen LogP contribution in [0.5, 0.6) is 0 Å². The molecule has 0 spiro atoms. The standard InChI is InChI=1S/C29H39NO5/c1-18(30-33)29(34-4)25(31)17-24-22-11-10-20-16-21(35-26(32)19-8-6-5-7-9-19)12-14-27(20,2)23(22)13-15-28(24,29)3/h5-10,21-25,31,33H,11-17H2,1-4H3/t21?,22?,23?,24?,25-,27+,28+,29?/m1/s1. The van der Waals surface area contributed by atoms with E-state index in [4.69, 9.17) is 9.47 Å². The molecule has 0 saturated heterocycles. The Hall–Kier alpha value is -2.18. The average molecular weight is 482 g/mol. The Balaban J connectivity index is 1.38. The lowest BCUT2D eigenvalue weighted by atomic mass is 9.46. The van der Waals surface area contributed by atoms with Crippen LogP contribution in [0.25, 0.3) is 0 Å². The van der Waals surface area contributed by atoms with Gasteiger partial charge in [-0.05, 0) is 80.8 Å². The fourth-order valence-corrected chi connectivity index (χ4v) is 8.77. The second-order valence-electron chi connectivity index (χ2n) is 11.7. The molecular weight excluding hydrogens is 442 g/mol. The molecule has 190 valence electrons. The molecule has 35 heavy (non-hydrogen) atoms. The van der Waals surface area contributed by atoms with E-state index in [2.05, 4.69) is 25.1 Å². The van der Waals surface area contributed by atoms with Crippen LogP contribution in [0, 0.1) is 28.6 Å². The number of nitrogens with zero attached hydrogens (tertiary/aromatic N) is 1. The highest BCUT2D eigenvalue weighted by Crippen LogP contribution is 2.68. The van der Waals surface area contributed by atoms with Crippen molar-refractivity contribution in [3.05, 3.63) is 47.5 Å². The highest BCUT2D eigenvalue weighted by molar-refractivity contribution is 5.92. The molecule has 5 unspecified atom stereocenters. The van der Waals surface area contributed by atoms with Crippen LogP contribution in [0.15, 0.2) is 47.1 Å². The number of benzene rings is 1. The Morgan fingerprint density at radius 1 is 1.11 bits per heavy atom. The fraction of sp³-hybridized carbons (Fsp3) is 0.655. The van der Waals surface area contributed by atoms with Gasteiger partial charge in [-0.25, -0.2) is 4.79 Å². The highest BCUT2D eigenvalue weighted by atomic mass is 16.5. The number of methoxy groups -OCH3 is 1. The number of carbonyl (C=O) groups is 1. The zero-order valence-electron chi connectivity index (χ0n) is 21.4. The minimum atomic E-state index is -0.953. The first-order valence-electron chi connectivity index (χ1n) is 13.1. The van der Waals surface area contributed by atoms with Gasteiger partial charge in [0.1, 0.15) is 11.7 Å². The summed E-state index contributed by atoms with van der Waals surface area (Å²) in [7, 11) is 1.63. The Morgan fingerprint density at radius 3 is 2.54 bits per heavy atom. The maximum atomic E-state index is 12.6. The second kappa shape index (κ2) is 8.74. The van der Waals surface area contributed by atoms with Crippen LogP contribution in [-0.2, 0) is 9.47 Å². The lowest BCUT2D eigenvalue weighted by molar-refractivity contribution is -0.131. The maximum Gasteiger partial charge on any atom is 0.338 e. The Labute approximate surface area is 208 Å². The molecule has 3 fully saturated rings. The van der Waals surface area contributed by atoms with E-state index in [9.17, 15) is 15.1 Å². The van der Waals surface area contributed by atoms with Crippen molar-refractivity contribution in [2.45, 2.75) is 83.5 Å². The van der Waals surface area contributed by atoms with E-state index in [1.807, 2.05) is 18.2 Å². The molecule has 0 heterocycles. The van der Waals surface area contributed by atoms with E-state index in [1.165, 1.54) is 5.57 Å². The predicted octanol–water partition coefficient (Wildman–Crippen LogP) is 5.38. The van der Waals surface area contributed by atoms with Crippen LogP contribution in [0.3, 0.4) is 0 Å². The number of ether oxygens (including phenoxy) is 2. The molecule has 4 aliphatic carbocycles. The zero-order chi connectivity index (χ0) is 25.0. The van der Waals surface area contributed by atoms with E-state index < -0.39 is 11.7 Å². The molecule has 0 aliphatic heterocycles. The quantitative estimate of drug-likeness (QED) is 0.198. The third kappa shape index (κ3) is 3.43. The number of hydrogen-bond acceptors (Lipinski definition) is 6. The molecule has 2 N–H and O–H groups in total. The third-order valence-electron chi connectivity index (χ3n) is 10.5. The summed E-state index contributed by atoms with van der Waals surface area (Å²) in [6.07, 6.45) is 7.93. The lowest BCUT2D eigenvalue weighted by Gasteiger charge is -2.59. The van der Waals surface area contributed by atoms with Gasteiger partial charge in [-0.15, -0.1) is 0 Å². The summed E-state index contributed by atoms with van der Waals surface area (Å²) in [6.45, 7) is 6.40. The summed E-state index contributed by atoms with van der Waals surface area (Å²) in [5.74, 6) is 1.02. The Morgan fingerprint density at radius 2 is 1.86 bits per heavy atom. The van der Waals surface area contributed by atoms with Crippen molar-refractivity contribution in [3.63, 3.8) is 0 Å². The first-order valence-corrected chi connectivity index (χ1v) is 13.1. The van der Waals surface area contributed by atoms with Crippen molar-refractivity contribution < 1.29 is 24.6 Å². The van der Waals surface area contributed by atoms with Crippen molar-refractivity contribution in [3.8, 4) is 0 Å². The average Bonchev–Trinajstić information content (AvgIpc) is 3.10. The molecule has 0 aromatic heterocycles. The van der Waals surface area contributed by atoms with E-state index in [1.54, 1.807) is 26.2 Å². The molecule has 1 aromatic rings. The number of oxime groups is 1. The molecule has 0 radical (unpaired) electrons. The molecule has 3 saturated carbocycles. The summed E-state index contributed by atoms with van der Waals surface area (Å²) in [6, 6.07) is 9.23. The van der Waals surface area contributed by atoms with Gasteiger partial charge in [-0.2, -0.15) is 0 Å². The van der Waals surface area contributed by atoms with Gasteiger partial charge in [0.2, 0.25) is 0 Å².